The zero-order chi connectivity index (χ0) is 13.2. The Hall–Kier alpha value is -1.62. The zero-order valence-corrected chi connectivity index (χ0v) is 11.0. The average molecular weight is 251 g/mol. The highest BCUT2D eigenvalue weighted by Gasteiger charge is 2.00. The second-order valence-corrected chi connectivity index (χ2v) is 4.44. The van der Waals surface area contributed by atoms with Crippen LogP contribution in [0.2, 0.25) is 0 Å². The first-order valence-corrected chi connectivity index (χ1v) is 6.21. The summed E-state index contributed by atoms with van der Waals surface area (Å²) in [4.78, 5) is 15.4. The van der Waals surface area contributed by atoms with Crippen molar-refractivity contribution < 1.29 is 9.53 Å². The predicted octanol–water partition coefficient (Wildman–Crippen LogP) is 2.27. The summed E-state index contributed by atoms with van der Waals surface area (Å²) in [6.45, 7) is 6.26. The molecule has 0 atom stereocenters. The van der Waals surface area contributed by atoms with Crippen LogP contribution in [-0.2, 0) is 4.74 Å². The first-order chi connectivity index (χ1) is 8.68. The number of anilines is 1. The Balaban J connectivity index is 2.04. The number of nitrogens with zero attached hydrogens (tertiary/aromatic N) is 1. The molecule has 1 rings (SSSR count). The van der Waals surface area contributed by atoms with Crippen molar-refractivity contribution in [2.24, 2.45) is 5.92 Å². The van der Waals surface area contributed by atoms with Crippen molar-refractivity contribution >= 4 is 11.7 Å². The van der Waals surface area contributed by atoms with E-state index in [2.05, 4.69) is 29.5 Å². The fraction of sp³-hybridized carbons (Fsp3) is 0.538. The number of urea groups is 1. The van der Waals surface area contributed by atoms with Crippen molar-refractivity contribution in [1.29, 1.82) is 0 Å². The molecular formula is C13H21N3O2. The van der Waals surface area contributed by atoms with E-state index in [1.54, 1.807) is 24.5 Å². The topological polar surface area (TPSA) is 63.2 Å². The third-order valence-electron chi connectivity index (χ3n) is 2.12. The van der Waals surface area contributed by atoms with E-state index in [0.717, 1.165) is 13.0 Å². The molecule has 5 nitrogen and oxygen atoms in total. The van der Waals surface area contributed by atoms with Crippen molar-refractivity contribution in [3.63, 3.8) is 0 Å². The molecule has 5 heteroatoms. The molecule has 0 aliphatic rings. The maximum Gasteiger partial charge on any atom is 0.319 e. The summed E-state index contributed by atoms with van der Waals surface area (Å²) >= 11 is 0. The van der Waals surface area contributed by atoms with Crippen molar-refractivity contribution in [2.75, 3.05) is 25.1 Å². The molecule has 0 fully saturated rings. The van der Waals surface area contributed by atoms with E-state index in [9.17, 15) is 4.79 Å². The lowest BCUT2D eigenvalue weighted by Crippen LogP contribution is -2.30. The van der Waals surface area contributed by atoms with E-state index in [4.69, 9.17) is 4.74 Å². The third kappa shape index (κ3) is 6.85. The number of pyridine rings is 1. The largest absolute Gasteiger partial charge is 0.381 e. The second kappa shape index (κ2) is 8.47. The fourth-order valence-electron chi connectivity index (χ4n) is 1.31. The van der Waals surface area contributed by atoms with Crippen LogP contribution in [0.4, 0.5) is 10.5 Å². The highest BCUT2D eigenvalue weighted by atomic mass is 16.5. The van der Waals surface area contributed by atoms with Gasteiger partial charge >= 0.3 is 6.03 Å². The number of hydrogen-bond acceptors (Lipinski definition) is 3. The minimum Gasteiger partial charge on any atom is -0.381 e. The van der Waals surface area contributed by atoms with Gasteiger partial charge in [0.05, 0.1) is 11.9 Å². The summed E-state index contributed by atoms with van der Waals surface area (Å²) in [5, 5.41) is 5.46. The Bertz CT molecular complexity index is 341. The van der Waals surface area contributed by atoms with Gasteiger partial charge in [0.15, 0.2) is 0 Å². The van der Waals surface area contributed by atoms with Gasteiger partial charge < -0.3 is 15.4 Å². The lowest BCUT2D eigenvalue weighted by Gasteiger charge is -2.08. The Morgan fingerprint density at radius 1 is 1.50 bits per heavy atom. The summed E-state index contributed by atoms with van der Waals surface area (Å²) in [6.07, 6.45) is 4.08. The molecule has 2 N–H and O–H groups in total. The standard InChI is InChI=1S/C13H21N3O2/c1-11(2)10-18-8-4-7-15-13(17)16-12-5-3-6-14-9-12/h3,5-6,9,11H,4,7-8,10H2,1-2H3,(H2,15,16,17). The van der Waals surface area contributed by atoms with Crippen LogP contribution in [0.15, 0.2) is 24.5 Å². The van der Waals surface area contributed by atoms with Gasteiger partial charge in [-0.3, -0.25) is 4.98 Å². The van der Waals surface area contributed by atoms with Crippen molar-refractivity contribution in [3.8, 4) is 0 Å². The number of rotatable bonds is 7. The van der Waals surface area contributed by atoms with Gasteiger partial charge in [-0.2, -0.15) is 0 Å². The quantitative estimate of drug-likeness (QED) is 0.731. The summed E-state index contributed by atoms with van der Waals surface area (Å²) in [5.74, 6) is 0.548. The van der Waals surface area contributed by atoms with Crippen LogP contribution in [0.1, 0.15) is 20.3 Å². The summed E-state index contributed by atoms with van der Waals surface area (Å²) in [5.41, 5.74) is 0.686. The molecule has 1 aromatic heterocycles. The SMILES string of the molecule is CC(C)COCCCNC(=O)Nc1cccnc1. The van der Waals surface area contributed by atoms with Gasteiger partial charge in [0, 0.05) is 26.0 Å². The van der Waals surface area contributed by atoms with Gasteiger partial charge in [-0.1, -0.05) is 13.8 Å². The van der Waals surface area contributed by atoms with Crippen molar-refractivity contribution in [1.82, 2.24) is 10.3 Å². The van der Waals surface area contributed by atoms with Crippen LogP contribution in [0, 0.1) is 5.92 Å². The van der Waals surface area contributed by atoms with Gasteiger partial charge in [0.2, 0.25) is 0 Å². The summed E-state index contributed by atoms with van der Waals surface area (Å²) < 4.78 is 5.41. The number of carbonyl (C=O) groups is 1. The van der Waals surface area contributed by atoms with Crippen LogP contribution in [0.5, 0.6) is 0 Å². The second-order valence-electron chi connectivity index (χ2n) is 4.44. The third-order valence-corrected chi connectivity index (χ3v) is 2.12. The minimum absolute atomic E-state index is 0.216. The predicted molar refractivity (Wildman–Crippen MR) is 71.5 cm³/mol. The zero-order valence-electron chi connectivity index (χ0n) is 11.0. The van der Waals surface area contributed by atoms with Crippen molar-refractivity contribution in [2.45, 2.75) is 20.3 Å². The molecule has 0 aromatic carbocycles. The molecule has 100 valence electrons. The average Bonchev–Trinajstić information content (AvgIpc) is 2.34. The highest BCUT2D eigenvalue weighted by Crippen LogP contribution is 2.01. The number of ether oxygens (including phenoxy) is 1. The molecule has 1 aromatic rings. The van der Waals surface area contributed by atoms with Gasteiger partial charge in [-0.15, -0.1) is 0 Å². The van der Waals surface area contributed by atoms with Gasteiger partial charge in [-0.05, 0) is 24.5 Å². The summed E-state index contributed by atoms with van der Waals surface area (Å²) in [7, 11) is 0. The van der Waals surface area contributed by atoms with Gasteiger partial charge in [0.25, 0.3) is 0 Å². The molecule has 0 aliphatic heterocycles. The molecule has 18 heavy (non-hydrogen) atoms. The molecule has 0 unspecified atom stereocenters. The smallest absolute Gasteiger partial charge is 0.319 e. The molecule has 0 spiro atoms. The highest BCUT2D eigenvalue weighted by molar-refractivity contribution is 5.88. The van der Waals surface area contributed by atoms with Gasteiger partial charge in [0.1, 0.15) is 0 Å². The number of hydrogen-bond donors (Lipinski definition) is 2. The minimum atomic E-state index is -0.216. The number of amides is 2. The van der Waals surface area contributed by atoms with Crippen LogP contribution in [-0.4, -0.2) is 30.8 Å². The first-order valence-electron chi connectivity index (χ1n) is 6.21. The van der Waals surface area contributed by atoms with E-state index < -0.39 is 0 Å². The molecule has 0 saturated carbocycles. The van der Waals surface area contributed by atoms with Crippen LogP contribution in [0.3, 0.4) is 0 Å². The number of carbonyl (C=O) groups excluding carboxylic acids is 1. The number of nitrogens with one attached hydrogen (secondary N) is 2. The van der Waals surface area contributed by atoms with Gasteiger partial charge in [-0.25, -0.2) is 4.79 Å². The monoisotopic (exact) mass is 251 g/mol. The molecule has 2 amide bonds. The molecule has 0 bridgehead atoms. The van der Waals surface area contributed by atoms with E-state index in [1.165, 1.54) is 0 Å². The van der Waals surface area contributed by atoms with Crippen molar-refractivity contribution in [3.05, 3.63) is 24.5 Å². The van der Waals surface area contributed by atoms with E-state index in [1.807, 2.05) is 0 Å². The molecule has 1 heterocycles. The van der Waals surface area contributed by atoms with Crippen LogP contribution < -0.4 is 10.6 Å². The van der Waals surface area contributed by atoms with Crippen LogP contribution >= 0.6 is 0 Å². The lowest BCUT2D eigenvalue weighted by molar-refractivity contribution is 0.108. The molecule has 0 radical (unpaired) electrons. The van der Waals surface area contributed by atoms with Crippen LogP contribution in [0.25, 0.3) is 0 Å². The Labute approximate surface area is 108 Å². The maximum atomic E-state index is 11.5. The Morgan fingerprint density at radius 3 is 3.00 bits per heavy atom. The molecule has 0 aliphatic carbocycles. The number of aromatic nitrogens is 1. The summed E-state index contributed by atoms with van der Waals surface area (Å²) in [6, 6.07) is 3.35. The molecular weight excluding hydrogens is 230 g/mol. The van der Waals surface area contributed by atoms with E-state index in [-0.39, 0.29) is 6.03 Å². The Morgan fingerprint density at radius 2 is 2.33 bits per heavy atom. The van der Waals surface area contributed by atoms with E-state index >= 15 is 0 Å². The Kier molecular flexibility index (Phi) is 6.79. The maximum absolute atomic E-state index is 11.5. The fourth-order valence-corrected chi connectivity index (χ4v) is 1.31. The normalized spacial score (nSPS) is 10.4. The lowest BCUT2D eigenvalue weighted by atomic mass is 10.2. The van der Waals surface area contributed by atoms with E-state index in [0.29, 0.717) is 24.8 Å². The first kappa shape index (κ1) is 14.4. The molecule has 0 saturated heterocycles.